The van der Waals surface area contributed by atoms with Crippen LogP contribution in [0.15, 0.2) is 12.1 Å². The van der Waals surface area contributed by atoms with Crippen LogP contribution in [-0.4, -0.2) is 33.5 Å². The maximum Gasteiger partial charge on any atom is 0.342 e. The zero-order chi connectivity index (χ0) is 15.6. The van der Waals surface area contributed by atoms with E-state index in [1.807, 2.05) is 6.26 Å². The monoisotopic (exact) mass is 314 g/mol. The van der Waals surface area contributed by atoms with Gasteiger partial charge in [0, 0.05) is 11.3 Å². The van der Waals surface area contributed by atoms with Gasteiger partial charge in [-0.3, -0.25) is 10.1 Å². The fraction of sp³-hybridized carbons (Fsp3) is 0.462. The van der Waals surface area contributed by atoms with Gasteiger partial charge in [-0.2, -0.15) is 11.8 Å². The van der Waals surface area contributed by atoms with Gasteiger partial charge in [0.05, 0.1) is 16.7 Å². The molecule has 1 fully saturated rings. The average molecular weight is 314 g/mol. The quantitative estimate of drug-likeness (QED) is 0.641. The van der Waals surface area contributed by atoms with E-state index < -0.39 is 28.0 Å². The Kier molecular flexibility index (Phi) is 4.66. The van der Waals surface area contributed by atoms with Crippen LogP contribution in [0.25, 0.3) is 0 Å². The molecule has 2 atom stereocenters. The number of nitrogens with one attached hydrogen (secondary N) is 1. The fourth-order valence-corrected chi connectivity index (χ4v) is 3.50. The highest BCUT2D eigenvalue weighted by Gasteiger charge is 2.29. The lowest BCUT2D eigenvalue weighted by Crippen LogP contribution is -2.26. The minimum atomic E-state index is -1.45. The lowest BCUT2D eigenvalue weighted by molar-refractivity contribution is -0.385. The first-order valence-corrected chi connectivity index (χ1v) is 7.73. The Morgan fingerprint density at radius 3 is 2.81 bits per heavy atom. The van der Waals surface area contributed by atoms with Crippen LogP contribution >= 0.6 is 11.8 Å². The number of rotatable bonds is 5. The summed E-state index contributed by atoms with van der Waals surface area (Å²) in [5.41, 5.74) is -1.25. The highest BCUT2D eigenvalue weighted by molar-refractivity contribution is 7.99. The van der Waals surface area contributed by atoms with E-state index in [9.17, 15) is 19.3 Å². The molecule has 21 heavy (non-hydrogen) atoms. The van der Waals surface area contributed by atoms with Crippen molar-refractivity contribution in [1.29, 1.82) is 0 Å². The van der Waals surface area contributed by atoms with Gasteiger partial charge in [-0.25, -0.2) is 9.18 Å². The first-order chi connectivity index (χ1) is 9.93. The molecule has 1 aliphatic carbocycles. The molecule has 0 spiro atoms. The van der Waals surface area contributed by atoms with E-state index in [1.54, 1.807) is 11.8 Å². The van der Waals surface area contributed by atoms with E-state index in [2.05, 4.69) is 5.32 Å². The van der Waals surface area contributed by atoms with Gasteiger partial charge >= 0.3 is 5.97 Å². The van der Waals surface area contributed by atoms with Gasteiger partial charge in [-0.05, 0) is 25.2 Å². The number of carbonyl (C=O) groups is 1. The third kappa shape index (κ3) is 3.26. The third-order valence-electron chi connectivity index (χ3n) is 3.61. The van der Waals surface area contributed by atoms with Crippen molar-refractivity contribution in [2.24, 2.45) is 0 Å². The van der Waals surface area contributed by atoms with Crippen molar-refractivity contribution >= 4 is 29.1 Å². The maximum absolute atomic E-state index is 14.0. The summed E-state index contributed by atoms with van der Waals surface area (Å²) in [6, 6.07) is 1.71. The van der Waals surface area contributed by atoms with E-state index >= 15 is 0 Å². The van der Waals surface area contributed by atoms with Crippen LogP contribution in [-0.2, 0) is 0 Å². The molecule has 0 aliphatic heterocycles. The molecule has 2 N–H and O–H groups in total. The number of nitro groups is 1. The Morgan fingerprint density at radius 1 is 1.52 bits per heavy atom. The van der Waals surface area contributed by atoms with Crippen molar-refractivity contribution in [3.63, 3.8) is 0 Å². The number of nitro benzene ring substituents is 1. The van der Waals surface area contributed by atoms with Crippen LogP contribution in [0.1, 0.15) is 29.6 Å². The van der Waals surface area contributed by atoms with Gasteiger partial charge in [-0.15, -0.1) is 0 Å². The minimum Gasteiger partial charge on any atom is -0.477 e. The van der Waals surface area contributed by atoms with Crippen molar-refractivity contribution in [2.75, 3.05) is 11.6 Å². The number of carboxylic acid groups (broad SMARTS) is 1. The molecule has 1 aromatic carbocycles. The van der Waals surface area contributed by atoms with E-state index in [-0.39, 0.29) is 11.7 Å². The zero-order valence-electron chi connectivity index (χ0n) is 11.3. The summed E-state index contributed by atoms with van der Waals surface area (Å²) < 4.78 is 14.0. The first kappa shape index (κ1) is 15.6. The fourth-order valence-electron chi connectivity index (χ4n) is 2.57. The first-order valence-electron chi connectivity index (χ1n) is 6.44. The molecular formula is C13H15FN2O4S. The van der Waals surface area contributed by atoms with Crippen molar-refractivity contribution < 1.29 is 19.2 Å². The molecule has 1 aliphatic rings. The molecule has 0 aromatic heterocycles. The van der Waals surface area contributed by atoms with Gasteiger partial charge in [0.15, 0.2) is 5.82 Å². The second-order valence-corrected chi connectivity index (χ2v) is 5.94. The number of anilines is 1. The smallest absolute Gasteiger partial charge is 0.342 e. The zero-order valence-corrected chi connectivity index (χ0v) is 12.2. The predicted octanol–water partition coefficient (Wildman–Crippen LogP) is 3.13. The highest BCUT2D eigenvalue weighted by atomic mass is 32.2. The topological polar surface area (TPSA) is 92.5 Å². The Bertz CT molecular complexity index is 582. The van der Waals surface area contributed by atoms with E-state index in [4.69, 9.17) is 5.11 Å². The molecule has 0 amide bonds. The summed E-state index contributed by atoms with van der Waals surface area (Å²) in [6.07, 6.45) is 4.87. The van der Waals surface area contributed by atoms with Crippen LogP contribution in [0.4, 0.5) is 15.8 Å². The molecular weight excluding hydrogens is 299 g/mol. The molecule has 114 valence electrons. The Labute approximate surface area is 124 Å². The highest BCUT2D eigenvalue weighted by Crippen LogP contribution is 2.33. The SMILES string of the molecule is CSC1CCCC1Nc1cc(C(=O)O)c([N+](=O)[O-])cc1F. The summed E-state index contributed by atoms with van der Waals surface area (Å²) in [5.74, 6) is -2.25. The summed E-state index contributed by atoms with van der Waals surface area (Å²) in [5, 5.41) is 23.1. The molecule has 1 aromatic rings. The summed E-state index contributed by atoms with van der Waals surface area (Å²) >= 11 is 1.67. The van der Waals surface area contributed by atoms with Crippen LogP contribution in [0.3, 0.4) is 0 Å². The number of carboxylic acids is 1. The number of benzene rings is 1. The number of halogens is 1. The average Bonchev–Trinajstić information content (AvgIpc) is 2.87. The standard InChI is InChI=1S/C13H15FN2O4S/c1-21-12-4-2-3-9(12)15-10-5-7(13(17)18)11(16(19)20)6-8(10)14/h5-6,9,12,15H,2-4H2,1H3,(H,17,18). The number of nitrogens with zero attached hydrogens (tertiary/aromatic N) is 1. The van der Waals surface area contributed by atoms with Crippen LogP contribution < -0.4 is 5.32 Å². The lowest BCUT2D eigenvalue weighted by atomic mass is 10.1. The number of hydrogen-bond acceptors (Lipinski definition) is 5. The van der Waals surface area contributed by atoms with E-state index in [0.29, 0.717) is 11.3 Å². The molecule has 8 heteroatoms. The summed E-state index contributed by atoms with van der Waals surface area (Å²) in [6.45, 7) is 0. The molecule has 6 nitrogen and oxygen atoms in total. The van der Waals surface area contributed by atoms with Gasteiger partial charge in [-0.1, -0.05) is 6.42 Å². The second kappa shape index (κ2) is 6.30. The molecule has 0 bridgehead atoms. The van der Waals surface area contributed by atoms with Gasteiger partial charge in [0.25, 0.3) is 5.69 Å². The van der Waals surface area contributed by atoms with Crippen LogP contribution in [0.2, 0.25) is 0 Å². The van der Waals surface area contributed by atoms with E-state index in [0.717, 1.165) is 25.3 Å². The molecule has 2 rings (SSSR count). The molecule has 0 saturated heterocycles. The number of thioether (sulfide) groups is 1. The molecule has 1 saturated carbocycles. The van der Waals surface area contributed by atoms with Crippen LogP contribution in [0, 0.1) is 15.9 Å². The van der Waals surface area contributed by atoms with Crippen molar-refractivity contribution in [3.05, 3.63) is 33.6 Å². The number of hydrogen-bond donors (Lipinski definition) is 2. The van der Waals surface area contributed by atoms with Crippen molar-refractivity contribution in [1.82, 2.24) is 0 Å². The van der Waals surface area contributed by atoms with Crippen molar-refractivity contribution in [2.45, 2.75) is 30.6 Å². The normalized spacial score (nSPS) is 21.2. The molecule has 2 unspecified atom stereocenters. The third-order valence-corrected chi connectivity index (χ3v) is 4.78. The minimum absolute atomic E-state index is 0.00366. The Morgan fingerprint density at radius 2 is 2.24 bits per heavy atom. The lowest BCUT2D eigenvalue weighted by Gasteiger charge is -2.21. The molecule has 0 heterocycles. The Balaban J connectivity index is 2.34. The number of aromatic carboxylic acids is 1. The van der Waals surface area contributed by atoms with Gasteiger partial charge in [0.1, 0.15) is 5.56 Å². The largest absolute Gasteiger partial charge is 0.477 e. The van der Waals surface area contributed by atoms with Crippen LogP contribution in [0.5, 0.6) is 0 Å². The second-order valence-electron chi connectivity index (χ2n) is 4.87. The van der Waals surface area contributed by atoms with Gasteiger partial charge < -0.3 is 10.4 Å². The maximum atomic E-state index is 14.0. The van der Waals surface area contributed by atoms with E-state index in [1.165, 1.54) is 0 Å². The Hall–Kier alpha value is -1.83. The summed E-state index contributed by atoms with van der Waals surface area (Å²) in [4.78, 5) is 21.0. The summed E-state index contributed by atoms with van der Waals surface area (Å²) in [7, 11) is 0. The predicted molar refractivity (Wildman–Crippen MR) is 78.6 cm³/mol. The van der Waals surface area contributed by atoms with Gasteiger partial charge in [0.2, 0.25) is 0 Å². The van der Waals surface area contributed by atoms with Crippen molar-refractivity contribution in [3.8, 4) is 0 Å². The molecule has 0 radical (unpaired) electrons.